The quantitative estimate of drug-likeness (QED) is 0.144. The molecule has 0 N–H and O–H groups in total. The molecule has 0 bridgehead atoms. The van der Waals surface area contributed by atoms with E-state index in [-0.39, 0.29) is 0 Å². The van der Waals surface area contributed by atoms with E-state index in [9.17, 15) is 0 Å². The lowest BCUT2D eigenvalue weighted by atomic mass is 9.98. The third-order valence-corrected chi connectivity index (χ3v) is 13.6. The van der Waals surface area contributed by atoms with Crippen molar-refractivity contribution in [3.63, 3.8) is 0 Å². The van der Waals surface area contributed by atoms with Gasteiger partial charge in [-0.3, -0.25) is 0 Å². The van der Waals surface area contributed by atoms with Gasteiger partial charge < -0.3 is 18.8 Å². The van der Waals surface area contributed by atoms with Crippen molar-refractivity contribution in [1.82, 2.24) is 4.57 Å². The standard InChI is InChI=1S/C65H45N3O/c1-44-16-13-19-48(40-44)45-32-36-50(37-33-45)66(49-20-3-2-4-21-49)52-41-53(43-54(42-52)68-61-28-10-7-23-57(61)58-24-8-11-29-62(58)68)67(63-30-15-27-60-59-25-9-12-31-64(59)69-65(60)63)51-38-34-47(35-39-51)56-26-14-18-46-17-5-6-22-55(46)56/h2-43H,1H3. The highest BCUT2D eigenvalue weighted by atomic mass is 16.3. The van der Waals surface area contributed by atoms with Crippen molar-refractivity contribution in [2.75, 3.05) is 9.80 Å². The van der Waals surface area contributed by atoms with Gasteiger partial charge in [-0.25, -0.2) is 0 Å². The number of nitrogens with zero attached hydrogens (tertiary/aromatic N) is 3. The number of hydrogen-bond donors (Lipinski definition) is 0. The molecule has 13 rings (SSSR count). The first-order valence-electron chi connectivity index (χ1n) is 23.6. The van der Waals surface area contributed by atoms with Gasteiger partial charge in [-0.15, -0.1) is 0 Å². The van der Waals surface area contributed by atoms with E-state index in [1.54, 1.807) is 0 Å². The molecule has 0 fully saturated rings. The van der Waals surface area contributed by atoms with Crippen LogP contribution < -0.4 is 9.80 Å². The van der Waals surface area contributed by atoms with Gasteiger partial charge in [0.2, 0.25) is 0 Å². The Morgan fingerprint density at radius 1 is 0.348 bits per heavy atom. The number of benzene rings is 11. The van der Waals surface area contributed by atoms with Gasteiger partial charge in [-0.2, -0.15) is 0 Å². The van der Waals surface area contributed by atoms with E-state index in [0.717, 1.165) is 78.3 Å². The van der Waals surface area contributed by atoms with Gasteiger partial charge in [0.05, 0.1) is 33.8 Å². The van der Waals surface area contributed by atoms with Crippen LogP contribution in [-0.4, -0.2) is 4.57 Å². The van der Waals surface area contributed by atoms with Crippen molar-refractivity contribution in [2.45, 2.75) is 6.92 Å². The zero-order valence-electron chi connectivity index (χ0n) is 38.0. The van der Waals surface area contributed by atoms with Crippen LogP contribution in [-0.2, 0) is 0 Å². The molecule has 0 saturated carbocycles. The molecule has 2 aromatic heterocycles. The lowest BCUT2D eigenvalue weighted by molar-refractivity contribution is 0.669. The van der Waals surface area contributed by atoms with E-state index < -0.39 is 0 Å². The molecule has 11 aromatic carbocycles. The van der Waals surface area contributed by atoms with Crippen molar-refractivity contribution in [1.29, 1.82) is 0 Å². The van der Waals surface area contributed by atoms with Crippen LogP contribution in [0.5, 0.6) is 0 Å². The fourth-order valence-electron chi connectivity index (χ4n) is 10.4. The van der Waals surface area contributed by atoms with Gasteiger partial charge in [-0.1, -0.05) is 181 Å². The summed E-state index contributed by atoms with van der Waals surface area (Å²) in [6.45, 7) is 2.15. The predicted molar refractivity (Wildman–Crippen MR) is 291 cm³/mol. The summed E-state index contributed by atoms with van der Waals surface area (Å²) >= 11 is 0. The van der Waals surface area contributed by atoms with Crippen molar-refractivity contribution < 1.29 is 4.42 Å². The topological polar surface area (TPSA) is 24.6 Å². The van der Waals surface area contributed by atoms with Gasteiger partial charge in [0.25, 0.3) is 0 Å². The molecule has 0 radical (unpaired) electrons. The summed E-state index contributed by atoms with van der Waals surface area (Å²) in [4.78, 5) is 4.76. The minimum Gasteiger partial charge on any atom is -0.454 e. The Morgan fingerprint density at radius 3 is 1.64 bits per heavy atom. The zero-order chi connectivity index (χ0) is 45.8. The number of fused-ring (bicyclic) bond motifs is 7. The van der Waals surface area contributed by atoms with Gasteiger partial charge in [0.15, 0.2) is 5.58 Å². The molecule has 2 heterocycles. The van der Waals surface area contributed by atoms with E-state index in [1.807, 2.05) is 6.07 Å². The molecule has 0 amide bonds. The third kappa shape index (κ3) is 7.01. The zero-order valence-corrected chi connectivity index (χ0v) is 38.0. The van der Waals surface area contributed by atoms with Crippen LogP contribution in [0.3, 0.4) is 0 Å². The maximum atomic E-state index is 6.88. The minimum atomic E-state index is 0.826. The van der Waals surface area contributed by atoms with Crippen molar-refractivity contribution >= 4 is 88.6 Å². The van der Waals surface area contributed by atoms with Crippen molar-refractivity contribution in [3.8, 4) is 27.9 Å². The Balaban J connectivity index is 1.08. The number of rotatable bonds is 9. The number of furan rings is 1. The van der Waals surface area contributed by atoms with Crippen LogP contribution in [0.2, 0.25) is 0 Å². The molecule has 0 saturated heterocycles. The van der Waals surface area contributed by atoms with Crippen molar-refractivity contribution in [3.05, 3.63) is 260 Å². The molecule has 0 atom stereocenters. The first-order chi connectivity index (χ1) is 34.1. The lowest BCUT2D eigenvalue weighted by Crippen LogP contribution is -2.14. The monoisotopic (exact) mass is 883 g/mol. The first kappa shape index (κ1) is 40.2. The van der Waals surface area contributed by atoms with Crippen LogP contribution in [0.1, 0.15) is 5.56 Å². The Morgan fingerprint density at radius 2 is 0.899 bits per heavy atom. The highest BCUT2D eigenvalue weighted by molar-refractivity contribution is 6.11. The normalized spacial score (nSPS) is 11.6. The summed E-state index contributed by atoms with van der Waals surface area (Å²) < 4.78 is 9.30. The lowest BCUT2D eigenvalue weighted by Gasteiger charge is -2.30. The second-order valence-electron chi connectivity index (χ2n) is 17.8. The summed E-state index contributed by atoms with van der Waals surface area (Å²) in [5.74, 6) is 0. The molecular weight excluding hydrogens is 839 g/mol. The third-order valence-electron chi connectivity index (χ3n) is 13.6. The number of hydrogen-bond acceptors (Lipinski definition) is 3. The highest BCUT2D eigenvalue weighted by Crippen LogP contribution is 2.47. The van der Waals surface area contributed by atoms with E-state index >= 15 is 0 Å². The molecule has 0 unspecified atom stereocenters. The van der Waals surface area contributed by atoms with Gasteiger partial charge in [0, 0.05) is 38.6 Å². The molecule has 326 valence electrons. The second-order valence-corrected chi connectivity index (χ2v) is 17.8. The van der Waals surface area contributed by atoms with Gasteiger partial charge >= 0.3 is 0 Å². The largest absolute Gasteiger partial charge is 0.454 e. The molecule has 0 aliphatic heterocycles. The summed E-state index contributed by atoms with van der Waals surface area (Å²) in [5.41, 5.74) is 17.0. The Hall–Kier alpha value is -9.12. The average molecular weight is 884 g/mol. The molecule has 0 spiro atoms. The number of para-hydroxylation sites is 5. The van der Waals surface area contributed by atoms with Gasteiger partial charge in [-0.05, 0) is 119 Å². The minimum absolute atomic E-state index is 0.826. The van der Waals surface area contributed by atoms with Crippen LogP contribution in [0, 0.1) is 6.92 Å². The number of aryl methyl sites for hydroxylation is 1. The highest BCUT2D eigenvalue weighted by Gasteiger charge is 2.24. The maximum Gasteiger partial charge on any atom is 0.159 e. The van der Waals surface area contributed by atoms with Gasteiger partial charge in [0.1, 0.15) is 5.58 Å². The molecule has 0 aliphatic rings. The predicted octanol–water partition coefficient (Wildman–Crippen LogP) is 18.4. The van der Waals surface area contributed by atoms with Crippen LogP contribution in [0.15, 0.2) is 259 Å². The Bertz CT molecular complexity index is 3980. The summed E-state index contributed by atoms with van der Waals surface area (Å²) in [5, 5.41) is 7.02. The van der Waals surface area contributed by atoms with E-state index in [1.165, 1.54) is 43.8 Å². The Labute approximate surface area is 400 Å². The molecular formula is C65H45N3O. The molecule has 4 nitrogen and oxygen atoms in total. The fourth-order valence-corrected chi connectivity index (χ4v) is 10.4. The maximum absolute atomic E-state index is 6.88. The molecule has 4 heteroatoms. The van der Waals surface area contributed by atoms with Crippen molar-refractivity contribution in [2.24, 2.45) is 0 Å². The SMILES string of the molecule is Cc1cccc(-c2ccc(N(c3ccccc3)c3cc(N(c4ccc(-c5cccc6ccccc56)cc4)c4cccc5c4oc4ccccc45)cc(-n4c5ccccc5c5ccccc54)c3)cc2)c1. The van der Waals surface area contributed by atoms with Crippen LogP contribution >= 0.6 is 0 Å². The molecule has 0 aliphatic carbocycles. The van der Waals surface area contributed by atoms with E-state index in [2.05, 4.69) is 270 Å². The molecule has 13 aromatic rings. The fraction of sp³-hybridized carbons (Fsp3) is 0.0154. The van der Waals surface area contributed by atoms with Crippen LogP contribution in [0.25, 0.3) is 82.5 Å². The second kappa shape index (κ2) is 16.6. The molecule has 69 heavy (non-hydrogen) atoms. The summed E-state index contributed by atoms with van der Waals surface area (Å²) in [6, 6.07) is 91.9. The Kier molecular flexibility index (Phi) is 9.69. The smallest absolute Gasteiger partial charge is 0.159 e. The first-order valence-corrected chi connectivity index (χ1v) is 23.6. The number of anilines is 6. The van der Waals surface area contributed by atoms with E-state index in [4.69, 9.17) is 4.42 Å². The summed E-state index contributed by atoms with van der Waals surface area (Å²) in [6.07, 6.45) is 0. The van der Waals surface area contributed by atoms with E-state index in [0.29, 0.717) is 0 Å². The summed E-state index contributed by atoms with van der Waals surface area (Å²) in [7, 11) is 0. The number of aromatic nitrogens is 1. The average Bonchev–Trinajstić information content (AvgIpc) is 3.96. The van der Waals surface area contributed by atoms with Crippen LogP contribution in [0.4, 0.5) is 34.1 Å².